The second kappa shape index (κ2) is 8.40. The van der Waals surface area contributed by atoms with Gasteiger partial charge in [0.2, 0.25) is 0 Å². The molecule has 0 bridgehead atoms. The molecule has 5 aromatic rings. The van der Waals surface area contributed by atoms with Gasteiger partial charge in [0.15, 0.2) is 0 Å². The van der Waals surface area contributed by atoms with E-state index in [0.29, 0.717) is 43.6 Å². The molecule has 3 heterocycles. The van der Waals surface area contributed by atoms with Crippen LogP contribution in [-0.4, -0.2) is 26.0 Å². The van der Waals surface area contributed by atoms with Crippen LogP contribution in [0.1, 0.15) is 33.3 Å². The van der Waals surface area contributed by atoms with Crippen molar-refractivity contribution in [2.45, 2.75) is 13.0 Å². The highest BCUT2D eigenvalue weighted by Gasteiger charge is 2.20. The van der Waals surface area contributed by atoms with E-state index < -0.39 is 6.10 Å². The Bertz CT molecular complexity index is 1530. The summed E-state index contributed by atoms with van der Waals surface area (Å²) in [6, 6.07) is 12.6. The number of nitrogen functional groups attached to an aromatic ring is 1. The third kappa shape index (κ3) is 3.78. The van der Waals surface area contributed by atoms with Crippen LogP contribution in [0.4, 0.5) is 11.5 Å². The first kappa shape index (κ1) is 21.3. The van der Waals surface area contributed by atoms with Gasteiger partial charge in [-0.25, -0.2) is 9.97 Å². The molecule has 0 radical (unpaired) electrons. The maximum Gasteiger partial charge on any atom is 0.258 e. The number of thiophene rings is 1. The molecule has 0 fully saturated rings. The van der Waals surface area contributed by atoms with E-state index in [2.05, 4.69) is 20.3 Å². The van der Waals surface area contributed by atoms with Crippen LogP contribution in [0.15, 0.2) is 60.4 Å². The summed E-state index contributed by atoms with van der Waals surface area (Å²) in [4.78, 5) is 25.8. The highest BCUT2D eigenvalue weighted by molar-refractivity contribution is 7.18. The lowest BCUT2D eigenvalue weighted by molar-refractivity contribution is 0.102. The third-order valence-corrected chi connectivity index (χ3v) is 6.70. The lowest BCUT2D eigenvalue weighted by Gasteiger charge is -2.17. The molecular formula is C24H18ClN5O2S. The fraction of sp³-hybridized carbons (Fsp3) is 0.0833. The fourth-order valence-electron chi connectivity index (χ4n) is 3.82. The van der Waals surface area contributed by atoms with Crippen LogP contribution in [0, 0.1) is 6.92 Å². The molecule has 0 saturated carbocycles. The van der Waals surface area contributed by atoms with Gasteiger partial charge in [0.05, 0.1) is 27.2 Å². The van der Waals surface area contributed by atoms with Crippen molar-refractivity contribution in [2.24, 2.45) is 0 Å². The highest BCUT2D eigenvalue weighted by atomic mass is 35.5. The number of nitrogens with two attached hydrogens (primary N) is 1. The molecule has 7 nitrogen and oxygen atoms in total. The molecule has 0 aliphatic carbocycles. The van der Waals surface area contributed by atoms with E-state index in [0.717, 1.165) is 16.3 Å². The number of hydrogen-bond donors (Lipinski definition) is 3. The Morgan fingerprint density at radius 1 is 1.15 bits per heavy atom. The van der Waals surface area contributed by atoms with E-state index in [9.17, 15) is 9.90 Å². The minimum absolute atomic E-state index is 0.302. The summed E-state index contributed by atoms with van der Waals surface area (Å²) in [5, 5.41) is 17.8. The average molecular weight is 476 g/mol. The van der Waals surface area contributed by atoms with E-state index in [-0.39, 0.29) is 5.91 Å². The fourth-order valence-corrected chi connectivity index (χ4v) is 4.92. The monoisotopic (exact) mass is 475 g/mol. The predicted molar refractivity (Wildman–Crippen MR) is 132 cm³/mol. The number of anilines is 2. The summed E-state index contributed by atoms with van der Waals surface area (Å²) in [7, 11) is 0. The number of fused-ring (bicyclic) bond motifs is 2. The van der Waals surface area contributed by atoms with E-state index in [1.165, 1.54) is 17.7 Å². The molecule has 3 aromatic heterocycles. The molecule has 0 aliphatic heterocycles. The number of pyridine rings is 1. The molecule has 1 unspecified atom stereocenters. The summed E-state index contributed by atoms with van der Waals surface area (Å²) >= 11 is 7.43. The lowest BCUT2D eigenvalue weighted by atomic mass is 9.98. The van der Waals surface area contributed by atoms with E-state index in [1.54, 1.807) is 35.8 Å². The number of benzene rings is 2. The van der Waals surface area contributed by atoms with Crippen molar-refractivity contribution in [3.63, 3.8) is 0 Å². The van der Waals surface area contributed by atoms with Crippen LogP contribution in [0.5, 0.6) is 0 Å². The smallest absolute Gasteiger partial charge is 0.258 e. The van der Waals surface area contributed by atoms with Gasteiger partial charge in [-0.05, 0) is 36.2 Å². The number of nitrogens with zero attached hydrogens (tertiary/aromatic N) is 3. The normalized spacial score (nSPS) is 12.2. The maximum absolute atomic E-state index is 13.2. The van der Waals surface area contributed by atoms with Crippen molar-refractivity contribution >= 4 is 61.3 Å². The van der Waals surface area contributed by atoms with Crippen LogP contribution in [-0.2, 0) is 0 Å². The molecule has 164 valence electrons. The molecule has 9 heteroatoms. The van der Waals surface area contributed by atoms with Crippen LogP contribution in [0.3, 0.4) is 0 Å². The Kier molecular flexibility index (Phi) is 5.41. The number of aryl methyl sites for hydroxylation is 1. The summed E-state index contributed by atoms with van der Waals surface area (Å²) in [5.41, 5.74) is 9.48. The van der Waals surface area contributed by atoms with E-state index >= 15 is 0 Å². The lowest BCUT2D eigenvalue weighted by Crippen LogP contribution is -2.13. The van der Waals surface area contributed by atoms with Gasteiger partial charge in [-0.1, -0.05) is 35.9 Å². The predicted octanol–water partition coefficient (Wildman–Crippen LogP) is 5.12. The average Bonchev–Trinajstić information content (AvgIpc) is 3.26. The number of carbonyl (C=O) groups excluding carboxylic acids is 1. The number of rotatable bonds is 4. The first-order valence-electron chi connectivity index (χ1n) is 10.0. The van der Waals surface area contributed by atoms with Crippen molar-refractivity contribution in [3.8, 4) is 0 Å². The number of amides is 1. The van der Waals surface area contributed by atoms with Gasteiger partial charge in [0, 0.05) is 27.4 Å². The second-order valence-electron chi connectivity index (χ2n) is 7.55. The molecule has 2 aromatic carbocycles. The topological polar surface area (TPSA) is 114 Å². The Balaban J connectivity index is 1.57. The Morgan fingerprint density at radius 3 is 2.82 bits per heavy atom. The molecule has 0 aliphatic rings. The molecule has 0 saturated heterocycles. The zero-order chi connectivity index (χ0) is 23.1. The number of halogens is 1. The van der Waals surface area contributed by atoms with Crippen molar-refractivity contribution in [1.29, 1.82) is 0 Å². The van der Waals surface area contributed by atoms with Gasteiger partial charge in [0.25, 0.3) is 5.91 Å². The molecule has 33 heavy (non-hydrogen) atoms. The number of aromatic nitrogens is 3. The van der Waals surface area contributed by atoms with Crippen LogP contribution in [0.25, 0.3) is 21.0 Å². The first-order chi connectivity index (χ1) is 15.9. The summed E-state index contributed by atoms with van der Waals surface area (Å²) in [6.07, 6.45) is 1.99. The summed E-state index contributed by atoms with van der Waals surface area (Å²) in [5.74, 6) is 0.0415. The number of carbonyl (C=O) groups is 1. The minimum Gasteiger partial charge on any atom is -0.382 e. The van der Waals surface area contributed by atoms with Gasteiger partial charge in [-0.2, -0.15) is 0 Å². The van der Waals surface area contributed by atoms with Crippen molar-refractivity contribution < 1.29 is 9.90 Å². The van der Waals surface area contributed by atoms with Gasteiger partial charge in [-0.3, -0.25) is 9.78 Å². The van der Waals surface area contributed by atoms with Crippen molar-refractivity contribution in [1.82, 2.24) is 15.0 Å². The van der Waals surface area contributed by atoms with Crippen LogP contribution >= 0.6 is 22.9 Å². The highest BCUT2D eigenvalue weighted by Crippen LogP contribution is 2.34. The van der Waals surface area contributed by atoms with Gasteiger partial charge < -0.3 is 16.2 Å². The molecule has 0 spiro atoms. The third-order valence-electron chi connectivity index (χ3n) is 5.47. The summed E-state index contributed by atoms with van der Waals surface area (Å²) in [6.45, 7) is 1.91. The molecular weight excluding hydrogens is 458 g/mol. The van der Waals surface area contributed by atoms with Crippen molar-refractivity contribution in [2.75, 3.05) is 11.1 Å². The van der Waals surface area contributed by atoms with Crippen LogP contribution < -0.4 is 11.1 Å². The quantitative estimate of drug-likeness (QED) is 0.332. The standard InChI is InChI=1S/C24H18ClN5O2S/c1-12-5-6-15-16(7-8-27-19(15)21(31)13-3-2-4-14(25)9-13)18(12)30-24(32)17-10-33-22-20(17)28-11-29-23(22)26/h2-11,21,31H,1H3,(H,30,32)(H2,26,28,29). The Labute approximate surface area is 197 Å². The largest absolute Gasteiger partial charge is 0.382 e. The van der Waals surface area contributed by atoms with Gasteiger partial charge >= 0.3 is 0 Å². The van der Waals surface area contributed by atoms with Gasteiger partial charge in [0.1, 0.15) is 18.2 Å². The number of aliphatic hydroxyl groups is 1. The van der Waals surface area contributed by atoms with Crippen LogP contribution in [0.2, 0.25) is 5.02 Å². The summed E-state index contributed by atoms with van der Waals surface area (Å²) < 4.78 is 0.674. The number of aliphatic hydroxyl groups excluding tert-OH is 1. The number of nitrogens with one attached hydrogen (secondary N) is 1. The SMILES string of the molecule is Cc1ccc2c(C(O)c3cccc(Cl)c3)nccc2c1NC(=O)c1csc2c(N)ncnc12. The molecule has 4 N–H and O–H groups in total. The zero-order valence-corrected chi connectivity index (χ0v) is 19.0. The second-order valence-corrected chi connectivity index (χ2v) is 8.86. The first-order valence-corrected chi connectivity index (χ1v) is 11.3. The minimum atomic E-state index is -0.973. The van der Waals surface area contributed by atoms with E-state index in [1.807, 2.05) is 25.1 Å². The number of hydrogen-bond acceptors (Lipinski definition) is 7. The molecule has 5 rings (SSSR count). The van der Waals surface area contributed by atoms with Crippen molar-refractivity contribution in [3.05, 3.63) is 87.8 Å². The maximum atomic E-state index is 13.2. The zero-order valence-electron chi connectivity index (χ0n) is 17.4. The Morgan fingerprint density at radius 2 is 2.00 bits per heavy atom. The van der Waals surface area contributed by atoms with E-state index in [4.69, 9.17) is 17.3 Å². The molecule has 1 atom stereocenters. The van der Waals surface area contributed by atoms with Gasteiger partial charge in [-0.15, -0.1) is 11.3 Å². The Hall–Kier alpha value is -3.59. The molecule has 1 amide bonds.